The van der Waals surface area contributed by atoms with E-state index in [0.717, 1.165) is 114 Å². The van der Waals surface area contributed by atoms with Crippen LogP contribution in [0.4, 0.5) is 0 Å². The molecule has 17 nitrogen and oxygen atoms in total. The molecular weight excluding hydrogens is 1340 g/mol. The van der Waals surface area contributed by atoms with E-state index in [-0.39, 0.29) is 25.7 Å². The molecular formula is C84H164O17P2. The molecule has 103 heavy (non-hydrogen) atoms. The van der Waals surface area contributed by atoms with E-state index in [9.17, 15) is 43.2 Å². The Labute approximate surface area is 632 Å². The molecule has 3 unspecified atom stereocenters. The normalized spacial score (nSPS) is 14.2. The number of unbranched alkanes of at least 4 members (excludes halogenated alkanes) is 46. The topological polar surface area (TPSA) is 237 Å². The number of aliphatic hydroxyl groups excluding tert-OH is 1. The molecule has 19 heteroatoms. The van der Waals surface area contributed by atoms with Gasteiger partial charge in [-0.3, -0.25) is 37.3 Å². The first-order valence-electron chi connectivity index (χ1n) is 43.2. The molecule has 0 rings (SSSR count). The molecule has 6 atom stereocenters. The molecule has 0 radical (unpaired) electrons. The fraction of sp³-hybridized carbons (Fsp3) is 0.952. The molecule has 0 fully saturated rings. The Balaban J connectivity index is 5.15. The first-order chi connectivity index (χ1) is 49.6. The molecule has 0 aliphatic rings. The molecule has 0 aromatic heterocycles. The van der Waals surface area contributed by atoms with Crippen LogP contribution in [-0.2, 0) is 65.4 Å². The van der Waals surface area contributed by atoms with Crippen LogP contribution < -0.4 is 0 Å². The molecule has 0 spiro atoms. The van der Waals surface area contributed by atoms with Crippen LogP contribution in [0.3, 0.4) is 0 Å². The number of esters is 4. The lowest BCUT2D eigenvalue weighted by molar-refractivity contribution is -0.161. The van der Waals surface area contributed by atoms with Crippen molar-refractivity contribution < 1.29 is 80.2 Å². The van der Waals surface area contributed by atoms with Gasteiger partial charge in [0.1, 0.15) is 19.3 Å². The van der Waals surface area contributed by atoms with Gasteiger partial charge >= 0.3 is 39.5 Å². The third kappa shape index (κ3) is 76.6. The summed E-state index contributed by atoms with van der Waals surface area (Å²) < 4.78 is 68.7. The summed E-state index contributed by atoms with van der Waals surface area (Å²) in [5.74, 6) is 1.00. The SMILES string of the molecule is CCC(C)CCCCCCCCCCCCCCCCCCCCC(=O)O[C@H](COC(=O)CCCCCCCCC(C)C)COP(=O)(O)OC[C@H](O)COP(=O)(O)OC[C@@H](COC(=O)CCCCCCCCCCCCCCCCCCC(C)C)OC(=O)CCCCCCCCCCCCC(C)C. The lowest BCUT2D eigenvalue weighted by Crippen LogP contribution is -2.30. The van der Waals surface area contributed by atoms with Gasteiger partial charge in [0.15, 0.2) is 12.2 Å². The second kappa shape index (κ2) is 72.9. The van der Waals surface area contributed by atoms with Gasteiger partial charge in [0, 0.05) is 25.7 Å². The van der Waals surface area contributed by atoms with Gasteiger partial charge < -0.3 is 33.8 Å². The summed E-state index contributed by atoms with van der Waals surface area (Å²) in [6.07, 6.45) is 61.3. The molecule has 0 aromatic rings. The largest absolute Gasteiger partial charge is 0.472 e. The number of phosphoric ester groups is 2. The highest BCUT2D eigenvalue weighted by Crippen LogP contribution is 2.45. The zero-order chi connectivity index (χ0) is 76.0. The summed E-state index contributed by atoms with van der Waals surface area (Å²) in [6, 6.07) is 0. The van der Waals surface area contributed by atoms with Crippen molar-refractivity contribution in [2.75, 3.05) is 39.6 Å². The van der Waals surface area contributed by atoms with Crippen LogP contribution in [0, 0.1) is 23.7 Å². The van der Waals surface area contributed by atoms with Crippen LogP contribution in [0.1, 0.15) is 434 Å². The second-order valence-corrected chi connectivity index (χ2v) is 34.8. The Bertz CT molecular complexity index is 2010. The smallest absolute Gasteiger partial charge is 0.462 e. The van der Waals surface area contributed by atoms with Crippen molar-refractivity contribution in [1.29, 1.82) is 0 Å². The van der Waals surface area contributed by atoms with Crippen LogP contribution in [0.15, 0.2) is 0 Å². The number of carbonyl (C=O) groups excluding carboxylic acids is 4. The Morgan fingerprint density at radius 1 is 0.272 bits per heavy atom. The third-order valence-electron chi connectivity index (χ3n) is 19.9. The molecule has 0 aromatic carbocycles. The number of carbonyl (C=O) groups is 4. The highest BCUT2D eigenvalue weighted by Gasteiger charge is 2.30. The summed E-state index contributed by atoms with van der Waals surface area (Å²) >= 11 is 0. The molecule has 0 amide bonds. The van der Waals surface area contributed by atoms with Gasteiger partial charge in [0.2, 0.25) is 0 Å². The maximum Gasteiger partial charge on any atom is 0.472 e. The quantitative estimate of drug-likeness (QED) is 0.0222. The third-order valence-corrected chi connectivity index (χ3v) is 21.8. The van der Waals surface area contributed by atoms with Crippen LogP contribution in [0.2, 0.25) is 0 Å². The number of hydrogen-bond donors (Lipinski definition) is 3. The highest BCUT2D eigenvalue weighted by molar-refractivity contribution is 7.47. The Hall–Kier alpha value is -1.94. The van der Waals surface area contributed by atoms with E-state index in [2.05, 4.69) is 55.4 Å². The lowest BCUT2D eigenvalue weighted by atomic mass is 9.99. The number of hydrogen-bond acceptors (Lipinski definition) is 15. The van der Waals surface area contributed by atoms with Gasteiger partial charge in [-0.2, -0.15) is 0 Å². The van der Waals surface area contributed by atoms with Gasteiger partial charge in [-0.1, -0.05) is 383 Å². The average Bonchev–Trinajstić information content (AvgIpc) is 0.920. The van der Waals surface area contributed by atoms with E-state index in [1.165, 1.54) is 231 Å². The maximum atomic E-state index is 13.1. The number of aliphatic hydroxyl groups is 1. The van der Waals surface area contributed by atoms with E-state index < -0.39 is 97.5 Å². The number of phosphoric acid groups is 2. The second-order valence-electron chi connectivity index (χ2n) is 31.9. The van der Waals surface area contributed by atoms with E-state index in [1.807, 2.05) is 0 Å². The van der Waals surface area contributed by atoms with Gasteiger partial charge in [-0.25, -0.2) is 9.13 Å². The number of ether oxygens (including phenoxy) is 4. The minimum atomic E-state index is -4.96. The predicted octanol–water partition coefficient (Wildman–Crippen LogP) is 25.2. The van der Waals surface area contributed by atoms with Crippen molar-refractivity contribution in [3.05, 3.63) is 0 Å². The van der Waals surface area contributed by atoms with Crippen molar-refractivity contribution in [2.24, 2.45) is 23.7 Å². The molecule has 0 aliphatic heterocycles. The minimum absolute atomic E-state index is 0.106. The molecule has 612 valence electrons. The van der Waals surface area contributed by atoms with Gasteiger partial charge in [0.25, 0.3) is 0 Å². The van der Waals surface area contributed by atoms with Gasteiger partial charge in [-0.15, -0.1) is 0 Å². The predicted molar refractivity (Wildman–Crippen MR) is 423 cm³/mol. The zero-order valence-corrected chi connectivity index (χ0v) is 69.7. The maximum absolute atomic E-state index is 13.1. The van der Waals surface area contributed by atoms with Gasteiger partial charge in [0.05, 0.1) is 26.4 Å². The zero-order valence-electron chi connectivity index (χ0n) is 68.0. The fourth-order valence-corrected chi connectivity index (χ4v) is 14.5. The van der Waals surface area contributed by atoms with Gasteiger partial charge in [-0.05, 0) is 49.4 Å². The molecule has 0 saturated heterocycles. The fourth-order valence-electron chi connectivity index (χ4n) is 12.9. The summed E-state index contributed by atoms with van der Waals surface area (Å²) in [7, 11) is -9.92. The molecule has 0 heterocycles. The van der Waals surface area contributed by atoms with Crippen molar-refractivity contribution in [3.63, 3.8) is 0 Å². The summed E-state index contributed by atoms with van der Waals surface area (Å²) in [5, 5.41) is 10.6. The van der Waals surface area contributed by atoms with Crippen molar-refractivity contribution in [1.82, 2.24) is 0 Å². The molecule has 3 N–H and O–H groups in total. The first-order valence-corrected chi connectivity index (χ1v) is 46.2. The lowest BCUT2D eigenvalue weighted by Gasteiger charge is -2.21. The first kappa shape index (κ1) is 101. The van der Waals surface area contributed by atoms with E-state index in [0.29, 0.717) is 31.6 Å². The average molecular weight is 1510 g/mol. The van der Waals surface area contributed by atoms with Crippen LogP contribution in [0.5, 0.6) is 0 Å². The summed E-state index contributed by atoms with van der Waals surface area (Å²) in [6.45, 7) is 14.3. The molecule has 0 bridgehead atoms. The summed E-state index contributed by atoms with van der Waals surface area (Å²) in [4.78, 5) is 73.1. The van der Waals surface area contributed by atoms with Crippen LogP contribution in [-0.4, -0.2) is 96.7 Å². The number of rotatable bonds is 81. The highest BCUT2D eigenvalue weighted by atomic mass is 31.2. The van der Waals surface area contributed by atoms with E-state index in [1.54, 1.807) is 0 Å². The molecule has 0 aliphatic carbocycles. The molecule has 0 saturated carbocycles. The van der Waals surface area contributed by atoms with E-state index >= 15 is 0 Å². The van der Waals surface area contributed by atoms with E-state index in [4.69, 9.17) is 37.0 Å². The van der Waals surface area contributed by atoms with Crippen LogP contribution >= 0.6 is 15.6 Å². The van der Waals surface area contributed by atoms with Crippen LogP contribution in [0.25, 0.3) is 0 Å². The van der Waals surface area contributed by atoms with Crippen molar-refractivity contribution in [2.45, 2.75) is 453 Å². The summed E-state index contributed by atoms with van der Waals surface area (Å²) in [5.41, 5.74) is 0. The standard InChI is InChI=1S/C84H164O17P2/c1-9-77(8)63-55-47-38-32-25-21-17-12-10-11-13-19-23-27-34-40-50-58-66-83(88)101-80(71-95-82(87)65-57-49-43-42-46-54-62-76(6)7)73-99-103(92,93)97-69-78(85)68-96-102(90,91)98-72-79(100-84(89)67-59-51-41-35-29-28-31-37-45-53-61-75(4)5)70-94-81(86)64-56-48-39-33-26-22-18-15-14-16-20-24-30-36-44-52-60-74(2)3/h74-80,85H,9-73H2,1-8H3,(H,90,91)(H,92,93)/t77?,78-,79-,80-/m1/s1. The monoisotopic (exact) mass is 1510 g/mol. The Kier molecular flexibility index (Phi) is 71.5. The Morgan fingerprint density at radius 2 is 0.466 bits per heavy atom. The van der Waals surface area contributed by atoms with Crippen molar-refractivity contribution in [3.8, 4) is 0 Å². The minimum Gasteiger partial charge on any atom is -0.462 e. The van der Waals surface area contributed by atoms with Crippen molar-refractivity contribution >= 4 is 39.5 Å². The Morgan fingerprint density at radius 3 is 0.689 bits per heavy atom.